The standard InChI is InChI=1S/C23H25FN4O3/c24-18-9-4-10-19(12-18)26-23(30)25-14-16-6-5-11-28(15-16)22(29)21-13-20(27-31-21)17-7-2-1-3-8-17/h1-4,7-10,12,16,21H,5-6,11,13-15H2,(H2,25,26,30). The molecule has 2 atom stereocenters. The molecule has 3 amide bonds. The molecule has 2 aliphatic rings. The number of benzene rings is 2. The Kier molecular flexibility index (Phi) is 6.45. The molecule has 0 saturated carbocycles. The van der Waals surface area contributed by atoms with Crippen LogP contribution in [0.15, 0.2) is 59.8 Å². The third-order valence-electron chi connectivity index (χ3n) is 5.52. The van der Waals surface area contributed by atoms with Gasteiger partial charge in [-0.25, -0.2) is 9.18 Å². The average Bonchev–Trinajstić information content (AvgIpc) is 3.28. The van der Waals surface area contributed by atoms with E-state index >= 15 is 0 Å². The number of hydrogen-bond acceptors (Lipinski definition) is 4. The van der Waals surface area contributed by atoms with E-state index in [1.165, 1.54) is 18.2 Å². The Hall–Kier alpha value is -3.42. The molecular formula is C23H25FN4O3. The van der Waals surface area contributed by atoms with Gasteiger partial charge in [-0.3, -0.25) is 4.79 Å². The smallest absolute Gasteiger partial charge is 0.319 e. The number of nitrogens with zero attached hydrogens (tertiary/aromatic N) is 2. The van der Waals surface area contributed by atoms with Crippen LogP contribution in [0.4, 0.5) is 14.9 Å². The average molecular weight is 424 g/mol. The summed E-state index contributed by atoms with van der Waals surface area (Å²) in [5.74, 6) is -0.330. The Labute approximate surface area is 180 Å². The lowest BCUT2D eigenvalue weighted by Crippen LogP contribution is -2.47. The number of oxime groups is 1. The summed E-state index contributed by atoms with van der Waals surface area (Å²) >= 11 is 0. The molecule has 0 bridgehead atoms. The number of urea groups is 1. The number of piperidine rings is 1. The predicted octanol–water partition coefficient (Wildman–Crippen LogP) is 3.38. The highest BCUT2D eigenvalue weighted by atomic mass is 19.1. The number of likely N-dealkylation sites (tertiary alicyclic amines) is 1. The van der Waals surface area contributed by atoms with Crippen molar-refractivity contribution in [2.75, 3.05) is 25.0 Å². The van der Waals surface area contributed by atoms with Gasteiger partial charge >= 0.3 is 6.03 Å². The molecule has 2 unspecified atom stereocenters. The molecule has 8 heteroatoms. The molecule has 1 fully saturated rings. The minimum Gasteiger partial charge on any atom is -0.382 e. The van der Waals surface area contributed by atoms with Crippen molar-refractivity contribution in [3.05, 3.63) is 66.0 Å². The number of hydrogen-bond donors (Lipinski definition) is 2. The molecule has 0 aliphatic carbocycles. The third-order valence-corrected chi connectivity index (χ3v) is 5.52. The Morgan fingerprint density at radius 1 is 1.16 bits per heavy atom. The van der Waals surface area contributed by atoms with Crippen molar-refractivity contribution in [1.29, 1.82) is 0 Å². The van der Waals surface area contributed by atoms with Crippen LogP contribution in [-0.2, 0) is 9.63 Å². The molecule has 0 radical (unpaired) electrons. The first-order valence-electron chi connectivity index (χ1n) is 10.5. The van der Waals surface area contributed by atoms with E-state index < -0.39 is 18.0 Å². The minimum atomic E-state index is -0.599. The van der Waals surface area contributed by atoms with Crippen LogP contribution in [0.1, 0.15) is 24.8 Å². The van der Waals surface area contributed by atoms with Crippen LogP contribution in [0.2, 0.25) is 0 Å². The first-order chi connectivity index (χ1) is 15.1. The van der Waals surface area contributed by atoms with E-state index in [0.29, 0.717) is 31.7 Å². The molecular weight excluding hydrogens is 399 g/mol. The van der Waals surface area contributed by atoms with Crippen LogP contribution in [0, 0.1) is 11.7 Å². The molecule has 7 nitrogen and oxygen atoms in total. The lowest BCUT2D eigenvalue weighted by atomic mass is 9.97. The second-order valence-corrected chi connectivity index (χ2v) is 7.84. The Morgan fingerprint density at radius 2 is 2.00 bits per heavy atom. The molecule has 162 valence electrons. The zero-order chi connectivity index (χ0) is 21.6. The quantitative estimate of drug-likeness (QED) is 0.772. The summed E-state index contributed by atoms with van der Waals surface area (Å²) in [6.45, 7) is 1.66. The Morgan fingerprint density at radius 3 is 2.81 bits per heavy atom. The zero-order valence-corrected chi connectivity index (χ0v) is 17.1. The van der Waals surface area contributed by atoms with Crippen LogP contribution in [0.5, 0.6) is 0 Å². The maximum absolute atomic E-state index is 13.2. The van der Waals surface area contributed by atoms with E-state index in [9.17, 15) is 14.0 Å². The second-order valence-electron chi connectivity index (χ2n) is 7.84. The topological polar surface area (TPSA) is 83.0 Å². The lowest BCUT2D eigenvalue weighted by molar-refractivity contribution is -0.143. The molecule has 4 rings (SSSR count). The number of amides is 3. The number of carbonyl (C=O) groups excluding carboxylic acids is 2. The fourth-order valence-electron chi connectivity index (χ4n) is 3.92. The van der Waals surface area contributed by atoms with Crippen molar-refractivity contribution in [3.8, 4) is 0 Å². The summed E-state index contributed by atoms with van der Waals surface area (Å²) in [6, 6.07) is 15.0. The SMILES string of the molecule is O=C(NCC1CCCN(C(=O)C2CC(c3ccccc3)=NO2)C1)Nc1cccc(F)c1. The van der Waals surface area contributed by atoms with E-state index in [0.717, 1.165) is 24.1 Å². The van der Waals surface area contributed by atoms with Gasteiger partial charge in [-0.15, -0.1) is 0 Å². The maximum Gasteiger partial charge on any atom is 0.319 e. The van der Waals surface area contributed by atoms with Gasteiger partial charge in [0, 0.05) is 31.7 Å². The van der Waals surface area contributed by atoms with Crippen molar-refractivity contribution in [3.63, 3.8) is 0 Å². The van der Waals surface area contributed by atoms with E-state index in [1.54, 1.807) is 11.0 Å². The lowest BCUT2D eigenvalue weighted by Gasteiger charge is -2.33. The zero-order valence-electron chi connectivity index (χ0n) is 17.1. The van der Waals surface area contributed by atoms with E-state index in [2.05, 4.69) is 15.8 Å². The molecule has 0 spiro atoms. The number of carbonyl (C=O) groups is 2. The van der Waals surface area contributed by atoms with E-state index in [-0.39, 0.29) is 11.8 Å². The molecule has 2 aliphatic heterocycles. The summed E-state index contributed by atoms with van der Waals surface area (Å²) in [7, 11) is 0. The monoisotopic (exact) mass is 424 g/mol. The number of anilines is 1. The second kappa shape index (κ2) is 9.59. The summed E-state index contributed by atoms with van der Waals surface area (Å²) in [6.07, 6.45) is 1.64. The number of nitrogens with one attached hydrogen (secondary N) is 2. The fraction of sp³-hybridized carbons (Fsp3) is 0.348. The van der Waals surface area contributed by atoms with Crippen molar-refractivity contribution >= 4 is 23.3 Å². The van der Waals surface area contributed by atoms with Crippen LogP contribution < -0.4 is 10.6 Å². The van der Waals surface area contributed by atoms with Gasteiger partial charge in [0.15, 0.2) is 0 Å². The van der Waals surface area contributed by atoms with Crippen molar-refractivity contribution in [2.45, 2.75) is 25.4 Å². The predicted molar refractivity (Wildman–Crippen MR) is 115 cm³/mol. The molecule has 0 aromatic heterocycles. The largest absolute Gasteiger partial charge is 0.382 e. The minimum absolute atomic E-state index is 0.0661. The van der Waals surface area contributed by atoms with Crippen LogP contribution >= 0.6 is 0 Å². The van der Waals surface area contributed by atoms with Gasteiger partial charge in [-0.1, -0.05) is 41.6 Å². The van der Waals surface area contributed by atoms with Gasteiger partial charge < -0.3 is 20.4 Å². The summed E-state index contributed by atoms with van der Waals surface area (Å²) in [5.41, 5.74) is 2.14. The normalized spacial score (nSPS) is 20.5. The van der Waals surface area contributed by atoms with Crippen molar-refractivity contribution in [1.82, 2.24) is 10.2 Å². The van der Waals surface area contributed by atoms with Gasteiger partial charge in [0.05, 0.1) is 5.71 Å². The van der Waals surface area contributed by atoms with Gasteiger partial charge in [-0.2, -0.15) is 0 Å². The first-order valence-corrected chi connectivity index (χ1v) is 10.5. The summed E-state index contributed by atoms with van der Waals surface area (Å²) in [4.78, 5) is 32.3. The van der Waals surface area contributed by atoms with Gasteiger partial charge in [0.25, 0.3) is 5.91 Å². The van der Waals surface area contributed by atoms with Crippen molar-refractivity contribution in [2.24, 2.45) is 11.1 Å². The molecule has 2 aromatic rings. The van der Waals surface area contributed by atoms with Gasteiger partial charge in [0.2, 0.25) is 6.10 Å². The summed E-state index contributed by atoms with van der Waals surface area (Å²) < 4.78 is 13.2. The number of rotatable bonds is 5. The molecule has 1 saturated heterocycles. The van der Waals surface area contributed by atoms with E-state index in [4.69, 9.17) is 4.84 Å². The highest BCUT2D eigenvalue weighted by Gasteiger charge is 2.34. The highest BCUT2D eigenvalue weighted by molar-refractivity contribution is 6.04. The van der Waals surface area contributed by atoms with Gasteiger partial charge in [0.1, 0.15) is 5.82 Å². The van der Waals surface area contributed by atoms with Crippen LogP contribution in [0.3, 0.4) is 0 Å². The summed E-state index contributed by atoms with van der Waals surface area (Å²) in [5, 5.41) is 9.53. The fourth-order valence-corrected chi connectivity index (χ4v) is 3.92. The maximum atomic E-state index is 13.2. The Bertz CT molecular complexity index is 966. The van der Waals surface area contributed by atoms with Crippen LogP contribution in [0.25, 0.3) is 0 Å². The van der Waals surface area contributed by atoms with Gasteiger partial charge in [-0.05, 0) is 42.5 Å². The highest BCUT2D eigenvalue weighted by Crippen LogP contribution is 2.22. The third kappa shape index (κ3) is 5.39. The Balaban J connectivity index is 1.25. The first kappa shape index (κ1) is 20.8. The molecule has 2 N–H and O–H groups in total. The van der Waals surface area contributed by atoms with Crippen LogP contribution in [-0.4, -0.2) is 48.3 Å². The molecule has 31 heavy (non-hydrogen) atoms. The number of halogens is 1. The molecule has 2 aromatic carbocycles. The van der Waals surface area contributed by atoms with E-state index in [1.807, 2.05) is 30.3 Å². The molecule has 2 heterocycles. The van der Waals surface area contributed by atoms with Crippen molar-refractivity contribution < 1.29 is 18.8 Å².